The van der Waals surface area contributed by atoms with Crippen LogP contribution in [0.15, 0.2) is 22.7 Å². The molecule has 0 spiro atoms. The summed E-state index contributed by atoms with van der Waals surface area (Å²) in [6.45, 7) is 5.72. The third-order valence-electron chi connectivity index (χ3n) is 2.57. The summed E-state index contributed by atoms with van der Waals surface area (Å²) in [6.07, 6.45) is 0. The molecule has 18 heavy (non-hydrogen) atoms. The third kappa shape index (κ3) is 3.56. The van der Waals surface area contributed by atoms with Crippen LogP contribution < -0.4 is 11.1 Å². The van der Waals surface area contributed by atoms with Crippen LogP contribution in [0.1, 0.15) is 26.3 Å². The molecule has 0 aliphatic rings. The predicted molar refractivity (Wildman–Crippen MR) is 74.9 cm³/mol. The Bertz CT molecular complexity index is 500. The number of benzene rings is 1. The number of nitrogens with one attached hydrogen (secondary N) is 1. The Hall–Kier alpha value is -1.38. The summed E-state index contributed by atoms with van der Waals surface area (Å²) in [7, 11) is 0. The van der Waals surface area contributed by atoms with Crippen LogP contribution in [0.25, 0.3) is 0 Å². The molecule has 1 amide bonds. The van der Waals surface area contributed by atoms with Crippen LogP contribution in [0, 0.1) is 16.7 Å². The average molecular weight is 310 g/mol. The zero-order chi connectivity index (χ0) is 13.9. The van der Waals surface area contributed by atoms with Crippen molar-refractivity contribution in [2.24, 2.45) is 11.1 Å². The summed E-state index contributed by atoms with van der Waals surface area (Å²) >= 11 is 3.31. The van der Waals surface area contributed by atoms with Crippen LogP contribution in [0.5, 0.6) is 0 Å². The normalized spacial score (nSPS) is 12.7. The van der Waals surface area contributed by atoms with Gasteiger partial charge in [0.05, 0.1) is 23.4 Å². The Balaban J connectivity index is 2.87. The van der Waals surface area contributed by atoms with Gasteiger partial charge in [-0.25, -0.2) is 0 Å². The minimum atomic E-state index is -0.597. The van der Waals surface area contributed by atoms with Crippen LogP contribution in [0.2, 0.25) is 0 Å². The van der Waals surface area contributed by atoms with Crippen molar-refractivity contribution in [2.45, 2.75) is 26.8 Å². The number of nitrogens with two attached hydrogens (primary N) is 1. The molecule has 1 rings (SSSR count). The quantitative estimate of drug-likeness (QED) is 0.881. The fourth-order valence-electron chi connectivity index (χ4n) is 1.29. The highest BCUT2D eigenvalue weighted by Crippen LogP contribution is 2.25. The standard InChI is InChI=1S/C13H16BrN3O/c1-13(2,3)11(16)12(18)17-10-5-4-8(7-15)6-9(10)14/h4-6,11H,16H2,1-3H3,(H,17,18)/t11-/m0/s1. The molecule has 3 N–H and O–H groups in total. The van der Waals surface area contributed by atoms with E-state index in [0.29, 0.717) is 15.7 Å². The highest BCUT2D eigenvalue weighted by atomic mass is 79.9. The molecule has 0 unspecified atom stereocenters. The molecule has 1 aromatic rings. The zero-order valence-electron chi connectivity index (χ0n) is 10.6. The molecule has 0 bridgehead atoms. The number of nitriles is 1. The summed E-state index contributed by atoms with van der Waals surface area (Å²) < 4.78 is 0.663. The number of carbonyl (C=O) groups is 1. The molecule has 0 fully saturated rings. The first kappa shape index (κ1) is 14.7. The van der Waals surface area contributed by atoms with E-state index in [2.05, 4.69) is 21.2 Å². The van der Waals surface area contributed by atoms with Crippen molar-refractivity contribution >= 4 is 27.5 Å². The summed E-state index contributed by atoms with van der Waals surface area (Å²) in [5.41, 5.74) is 6.70. The van der Waals surface area contributed by atoms with Crippen molar-refractivity contribution in [3.63, 3.8) is 0 Å². The van der Waals surface area contributed by atoms with E-state index >= 15 is 0 Å². The summed E-state index contributed by atoms with van der Waals surface area (Å²) in [6, 6.07) is 6.40. The zero-order valence-corrected chi connectivity index (χ0v) is 12.2. The summed E-state index contributed by atoms with van der Waals surface area (Å²) in [4.78, 5) is 11.9. The Morgan fingerprint density at radius 3 is 2.56 bits per heavy atom. The van der Waals surface area contributed by atoms with Gasteiger partial charge in [0.1, 0.15) is 0 Å². The first-order valence-electron chi connectivity index (χ1n) is 5.52. The Morgan fingerprint density at radius 1 is 1.50 bits per heavy atom. The first-order chi connectivity index (χ1) is 8.25. The van der Waals surface area contributed by atoms with Gasteiger partial charge >= 0.3 is 0 Å². The molecule has 96 valence electrons. The SMILES string of the molecule is CC(C)(C)[C@@H](N)C(=O)Nc1ccc(C#N)cc1Br. The second-order valence-electron chi connectivity index (χ2n) is 5.14. The van der Waals surface area contributed by atoms with Gasteiger partial charge in [-0.1, -0.05) is 20.8 Å². The monoisotopic (exact) mass is 309 g/mol. The van der Waals surface area contributed by atoms with Crippen molar-refractivity contribution in [1.82, 2.24) is 0 Å². The van der Waals surface area contributed by atoms with Crippen LogP contribution in [-0.4, -0.2) is 11.9 Å². The maximum absolute atomic E-state index is 11.9. The molecule has 4 nitrogen and oxygen atoms in total. The highest BCUT2D eigenvalue weighted by Gasteiger charge is 2.27. The van der Waals surface area contributed by atoms with Gasteiger partial charge in [0, 0.05) is 4.47 Å². The molecule has 5 heteroatoms. The van der Waals surface area contributed by atoms with Crippen molar-refractivity contribution < 1.29 is 4.79 Å². The van der Waals surface area contributed by atoms with E-state index < -0.39 is 6.04 Å². The van der Waals surface area contributed by atoms with Crippen molar-refractivity contribution in [3.8, 4) is 6.07 Å². The lowest BCUT2D eigenvalue weighted by atomic mass is 9.87. The molecule has 1 aromatic carbocycles. The molecular weight excluding hydrogens is 294 g/mol. The van der Waals surface area contributed by atoms with Gasteiger partial charge in [-0.15, -0.1) is 0 Å². The van der Waals surface area contributed by atoms with Crippen molar-refractivity contribution in [2.75, 3.05) is 5.32 Å². The van der Waals surface area contributed by atoms with E-state index in [1.54, 1.807) is 18.2 Å². The van der Waals surface area contributed by atoms with Crippen molar-refractivity contribution in [3.05, 3.63) is 28.2 Å². The minimum Gasteiger partial charge on any atom is -0.324 e. The lowest BCUT2D eigenvalue weighted by Crippen LogP contribution is -2.45. The number of nitrogens with zero attached hydrogens (tertiary/aromatic N) is 1. The molecule has 0 aromatic heterocycles. The number of carbonyl (C=O) groups excluding carboxylic acids is 1. The average Bonchev–Trinajstić information content (AvgIpc) is 2.29. The van der Waals surface area contributed by atoms with Crippen LogP contribution in [0.3, 0.4) is 0 Å². The molecule has 0 radical (unpaired) electrons. The molecule has 0 aliphatic heterocycles. The Morgan fingerprint density at radius 2 is 2.11 bits per heavy atom. The van der Waals surface area contributed by atoms with Crippen LogP contribution in [-0.2, 0) is 4.79 Å². The molecule has 1 atom stereocenters. The summed E-state index contributed by atoms with van der Waals surface area (Å²) in [5.74, 6) is -0.243. The number of hydrogen-bond acceptors (Lipinski definition) is 3. The molecular formula is C13H16BrN3O. The van der Waals surface area contributed by atoms with Crippen LogP contribution >= 0.6 is 15.9 Å². The van der Waals surface area contributed by atoms with Gasteiger partial charge in [-0.2, -0.15) is 5.26 Å². The van der Waals surface area contributed by atoms with Crippen LogP contribution in [0.4, 0.5) is 5.69 Å². The van der Waals surface area contributed by atoms with Crippen molar-refractivity contribution in [1.29, 1.82) is 5.26 Å². The molecule has 0 aliphatic carbocycles. The number of rotatable bonds is 2. The van der Waals surface area contributed by atoms with E-state index in [9.17, 15) is 4.79 Å². The smallest absolute Gasteiger partial charge is 0.241 e. The molecule has 0 saturated carbocycles. The van der Waals surface area contributed by atoms with E-state index in [1.807, 2.05) is 26.8 Å². The Labute approximate surface area is 115 Å². The van der Waals surface area contributed by atoms with Gasteiger partial charge in [0.15, 0.2) is 0 Å². The van der Waals surface area contributed by atoms with Gasteiger partial charge in [-0.05, 0) is 39.5 Å². The van der Waals surface area contributed by atoms with E-state index in [0.717, 1.165) is 0 Å². The van der Waals surface area contributed by atoms with E-state index in [4.69, 9.17) is 11.0 Å². The van der Waals surface area contributed by atoms with E-state index in [1.165, 1.54) is 0 Å². The molecule has 0 saturated heterocycles. The maximum atomic E-state index is 11.9. The second kappa shape index (κ2) is 5.51. The largest absolute Gasteiger partial charge is 0.324 e. The first-order valence-corrected chi connectivity index (χ1v) is 6.31. The summed E-state index contributed by atoms with van der Waals surface area (Å²) in [5, 5.41) is 11.5. The number of hydrogen-bond donors (Lipinski definition) is 2. The lowest BCUT2D eigenvalue weighted by Gasteiger charge is -2.26. The fourth-order valence-corrected chi connectivity index (χ4v) is 1.77. The minimum absolute atomic E-state index is 0.243. The maximum Gasteiger partial charge on any atom is 0.241 e. The number of amides is 1. The third-order valence-corrected chi connectivity index (χ3v) is 3.23. The molecule has 0 heterocycles. The predicted octanol–water partition coefficient (Wildman–Crippen LogP) is 2.63. The highest BCUT2D eigenvalue weighted by molar-refractivity contribution is 9.10. The number of halogens is 1. The topological polar surface area (TPSA) is 78.9 Å². The van der Waals surface area contributed by atoms with E-state index in [-0.39, 0.29) is 11.3 Å². The lowest BCUT2D eigenvalue weighted by molar-refractivity contribution is -0.119. The van der Waals surface area contributed by atoms with Gasteiger partial charge in [0.2, 0.25) is 5.91 Å². The second-order valence-corrected chi connectivity index (χ2v) is 5.99. The fraction of sp³-hybridized carbons (Fsp3) is 0.385. The van der Waals surface area contributed by atoms with Gasteiger partial charge in [0.25, 0.3) is 0 Å². The van der Waals surface area contributed by atoms with Gasteiger partial charge < -0.3 is 11.1 Å². The Kier molecular flexibility index (Phi) is 4.49. The number of anilines is 1. The van der Waals surface area contributed by atoms with Gasteiger partial charge in [-0.3, -0.25) is 4.79 Å².